The van der Waals surface area contributed by atoms with Crippen LogP contribution in [0.15, 0.2) is 12.1 Å². The summed E-state index contributed by atoms with van der Waals surface area (Å²) in [6, 6.07) is 3.57. The number of hydrogen-bond donors (Lipinski definition) is 2. The summed E-state index contributed by atoms with van der Waals surface area (Å²) in [4.78, 5) is 24.6. The SMILES string of the molecule is CC(C(=O)NCC1(C(=O)O)CCOCC1)c1ccc(Cl)s1. The van der Waals surface area contributed by atoms with Gasteiger partial charge in [0.05, 0.1) is 15.7 Å². The molecular weight excluding hydrogens is 314 g/mol. The Hall–Kier alpha value is -1.11. The predicted molar refractivity (Wildman–Crippen MR) is 80.9 cm³/mol. The van der Waals surface area contributed by atoms with Gasteiger partial charge in [-0.3, -0.25) is 9.59 Å². The Labute approximate surface area is 132 Å². The molecule has 0 bridgehead atoms. The average molecular weight is 332 g/mol. The van der Waals surface area contributed by atoms with E-state index in [2.05, 4.69) is 5.32 Å². The second-order valence-corrected chi connectivity index (χ2v) is 7.03. The van der Waals surface area contributed by atoms with Crippen LogP contribution in [-0.4, -0.2) is 36.7 Å². The highest BCUT2D eigenvalue weighted by Crippen LogP contribution is 2.31. The lowest BCUT2D eigenvalue weighted by Crippen LogP contribution is -2.47. The molecule has 1 aromatic heterocycles. The monoisotopic (exact) mass is 331 g/mol. The number of amides is 1. The minimum absolute atomic E-state index is 0.133. The number of hydrogen-bond acceptors (Lipinski definition) is 4. The molecule has 2 heterocycles. The molecule has 0 spiro atoms. The second-order valence-electron chi connectivity index (χ2n) is 5.28. The van der Waals surface area contributed by atoms with Crippen LogP contribution in [0.25, 0.3) is 0 Å². The van der Waals surface area contributed by atoms with Gasteiger partial charge >= 0.3 is 5.97 Å². The Bertz CT molecular complexity index is 525. The molecule has 2 rings (SSSR count). The number of aliphatic carboxylic acids is 1. The number of thiophene rings is 1. The van der Waals surface area contributed by atoms with Gasteiger partial charge in [-0.05, 0) is 31.9 Å². The first-order valence-electron chi connectivity index (χ1n) is 6.79. The van der Waals surface area contributed by atoms with Crippen LogP contribution in [0.3, 0.4) is 0 Å². The Balaban J connectivity index is 1.97. The summed E-state index contributed by atoms with van der Waals surface area (Å²) >= 11 is 7.23. The first-order valence-corrected chi connectivity index (χ1v) is 7.98. The first kappa shape index (κ1) is 16.3. The lowest BCUT2D eigenvalue weighted by molar-refractivity contribution is -0.154. The highest BCUT2D eigenvalue weighted by atomic mass is 35.5. The van der Waals surface area contributed by atoms with Crippen LogP contribution in [0.4, 0.5) is 0 Å². The van der Waals surface area contributed by atoms with Crippen molar-refractivity contribution >= 4 is 34.8 Å². The van der Waals surface area contributed by atoms with Crippen molar-refractivity contribution in [2.24, 2.45) is 5.41 Å². The van der Waals surface area contributed by atoms with Gasteiger partial charge in [0, 0.05) is 24.6 Å². The highest BCUT2D eigenvalue weighted by Gasteiger charge is 2.40. The van der Waals surface area contributed by atoms with Gasteiger partial charge < -0.3 is 15.2 Å². The van der Waals surface area contributed by atoms with Crippen LogP contribution >= 0.6 is 22.9 Å². The maximum Gasteiger partial charge on any atom is 0.311 e. The smallest absolute Gasteiger partial charge is 0.311 e. The van der Waals surface area contributed by atoms with Crippen LogP contribution in [0.1, 0.15) is 30.6 Å². The van der Waals surface area contributed by atoms with Gasteiger partial charge in [0.1, 0.15) is 0 Å². The molecule has 1 fully saturated rings. The molecule has 21 heavy (non-hydrogen) atoms. The van der Waals surface area contributed by atoms with Gasteiger partial charge in [0.15, 0.2) is 0 Å². The summed E-state index contributed by atoms with van der Waals surface area (Å²) in [5.41, 5.74) is -0.916. The molecule has 1 saturated heterocycles. The van der Waals surface area contributed by atoms with Crippen molar-refractivity contribution in [3.05, 3.63) is 21.3 Å². The van der Waals surface area contributed by atoms with E-state index in [1.807, 2.05) is 6.07 Å². The van der Waals surface area contributed by atoms with Gasteiger partial charge in [-0.25, -0.2) is 0 Å². The van der Waals surface area contributed by atoms with Crippen molar-refractivity contribution in [3.63, 3.8) is 0 Å². The van der Waals surface area contributed by atoms with E-state index >= 15 is 0 Å². The van der Waals surface area contributed by atoms with Gasteiger partial charge in [-0.2, -0.15) is 0 Å². The van der Waals surface area contributed by atoms with E-state index < -0.39 is 11.4 Å². The number of halogens is 1. The van der Waals surface area contributed by atoms with Crippen LogP contribution in [-0.2, 0) is 14.3 Å². The average Bonchev–Trinajstić information content (AvgIpc) is 2.91. The van der Waals surface area contributed by atoms with E-state index in [0.29, 0.717) is 30.4 Å². The Kier molecular flexibility index (Phi) is 5.24. The van der Waals surface area contributed by atoms with Gasteiger partial charge in [-0.15, -0.1) is 11.3 Å². The third-order valence-electron chi connectivity index (χ3n) is 3.92. The van der Waals surface area contributed by atoms with E-state index in [0.717, 1.165) is 4.88 Å². The number of carboxylic acid groups (broad SMARTS) is 1. The number of carbonyl (C=O) groups is 2. The minimum atomic E-state index is -0.916. The fourth-order valence-corrected chi connectivity index (χ4v) is 3.44. The quantitative estimate of drug-likeness (QED) is 0.869. The summed E-state index contributed by atoms with van der Waals surface area (Å²) < 4.78 is 5.85. The maximum atomic E-state index is 12.2. The summed E-state index contributed by atoms with van der Waals surface area (Å²) in [5.74, 6) is -1.40. The lowest BCUT2D eigenvalue weighted by atomic mass is 9.80. The van der Waals surface area contributed by atoms with Crippen molar-refractivity contribution in [2.45, 2.75) is 25.7 Å². The Morgan fingerprint density at radius 3 is 2.67 bits per heavy atom. The fourth-order valence-electron chi connectivity index (χ4n) is 2.33. The van der Waals surface area contributed by atoms with Gasteiger partial charge in [-0.1, -0.05) is 11.6 Å². The third-order valence-corrected chi connectivity index (χ3v) is 5.33. The maximum absolute atomic E-state index is 12.2. The van der Waals surface area contributed by atoms with Crippen LogP contribution in [0, 0.1) is 5.41 Å². The summed E-state index contributed by atoms with van der Waals surface area (Å²) in [6.45, 7) is 2.75. The standard InChI is InChI=1S/C14H18ClNO4S/c1-9(10-2-3-11(15)21-10)12(17)16-8-14(13(18)19)4-6-20-7-5-14/h2-3,9H,4-8H2,1H3,(H,16,17)(H,18,19). The molecular formula is C14H18ClNO4S. The number of nitrogens with one attached hydrogen (secondary N) is 1. The Morgan fingerprint density at radius 2 is 2.14 bits per heavy atom. The van der Waals surface area contributed by atoms with E-state index in [1.165, 1.54) is 11.3 Å². The summed E-state index contributed by atoms with van der Waals surface area (Å²) in [5, 5.41) is 12.2. The van der Waals surface area contributed by atoms with Crippen LogP contribution in [0.2, 0.25) is 4.34 Å². The second kappa shape index (κ2) is 6.77. The van der Waals surface area contributed by atoms with Crippen molar-refractivity contribution < 1.29 is 19.4 Å². The van der Waals surface area contributed by atoms with Gasteiger partial charge in [0.2, 0.25) is 5.91 Å². The van der Waals surface area contributed by atoms with Crippen molar-refractivity contribution in [3.8, 4) is 0 Å². The minimum Gasteiger partial charge on any atom is -0.481 e. The molecule has 0 radical (unpaired) electrons. The molecule has 0 aromatic carbocycles. The number of ether oxygens (including phenoxy) is 1. The van der Waals surface area contributed by atoms with E-state index in [9.17, 15) is 14.7 Å². The number of rotatable bonds is 5. The molecule has 0 saturated carbocycles. The molecule has 7 heteroatoms. The van der Waals surface area contributed by atoms with Crippen LogP contribution < -0.4 is 5.32 Å². The molecule has 116 valence electrons. The molecule has 2 N–H and O–H groups in total. The van der Waals surface area contributed by atoms with Crippen molar-refractivity contribution in [2.75, 3.05) is 19.8 Å². The van der Waals surface area contributed by atoms with Gasteiger partial charge in [0.25, 0.3) is 0 Å². The fraction of sp³-hybridized carbons (Fsp3) is 0.571. The van der Waals surface area contributed by atoms with E-state index in [-0.39, 0.29) is 18.4 Å². The molecule has 1 unspecified atom stereocenters. The molecule has 1 atom stereocenters. The topological polar surface area (TPSA) is 75.6 Å². The molecule has 5 nitrogen and oxygen atoms in total. The lowest BCUT2D eigenvalue weighted by Gasteiger charge is -2.33. The largest absolute Gasteiger partial charge is 0.481 e. The molecule has 1 aromatic rings. The van der Waals surface area contributed by atoms with Crippen LogP contribution in [0.5, 0.6) is 0 Å². The third kappa shape index (κ3) is 3.75. The summed E-state index contributed by atoms with van der Waals surface area (Å²) in [7, 11) is 0. The van der Waals surface area contributed by atoms with Crippen molar-refractivity contribution in [1.82, 2.24) is 5.32 Å². The number of carboxylic acids is 1. The number of carbonyl (C=O) groups excluding carboxylic acids is 1. The first-order chi connectivity index (χ1) is 9.94. The zero-order chi connectivity index (χ0) is 15.5. The Morgan fingerprint density at radius 1 is 1.48 bits per heavy atom. The van der Waals surface area contributed by atoms with E-state index in [4.69, 9.17) is 16.3 Å². The molecule has 1 aliphatic rings. The van der Waals surface area contributed by atoms with Crippen molar-refractivity contribution in [1.29, 1.82) is 0 Å². The normalized spacial score (nSPS) is 19.0. The zero-order valence-electron chi connectivity index (χ0n) is 11.7. The zero-order valence-corrected chi connectivity index (χ0v) is 13.3. The predicted octanol–water partition coefficient (Wildman–Crippen LogP) is 2.50. The summed E-state index contributed by atoms with van der Waals surface area (Å²) in [6.07, 6.45) is 0.837. The highest BCUT2D eigenvalue weighted by molar-refractivity contribution is 7.16. The van der Waals surface area contributed by atoms with E-state index in [1.54, 1.807) is 13.0 Å². The molecule has 1 aliphatic heterocycles. The molecule has 0 aliphatic carbocycles. The molecule has 1 amide bonds.